The van der Waals surface area contributed by atoms with Crippen LogP contribution in [-0.2, 0) is 24.0 Å². The maximum absolute atomic E-state index is 14.5. The Morgan fingerprint density at radius 3 is 0.928 bits per heavy atom. The van der Waals surface area contributed by atoms with E-state index in [0.29, 0.717) is 86.8 Å². The molecule has 0 bridgehead atoms. The molecule has 0 spiro atoms. The van der Waals surface area contributed by atoms with Crippen molar-refractivity contribution in [3.8, 4) is 18.2 Å². The molecule has 44 heteroatoms. The minimum atomic E-state index is -1.01. The Hall–Kier alpha value is -11.8. The Kier molecular flexibility index (Phi) is 38.4. The zero-order valence-corrected chi connectivity index (χ0v) is 74.1. The number of nitrogens with one attached hydrogen (secondary N) is 7. The first kappa shape index (κ1) is 100. The second-order valence-corrected chi connectivity index (χ2v) is 34.8. The first-order valence-corrected chi connectivity index (χ1v) is 43.2. The van der Waals surface area contributed by atoms with E-state index in [1.54, 1.807) is 18.2 Å². The van der Waals surface area contributed by atoms with E-state index in [1.165, 1.54) is 83.2 Å². The largest absolute Gasteiger partial charge is 0.389 e. The maximum atomic E-state index is 14.5. The number of aromatic nitrogens is 4. The summed E-state index contributed by atoms with van der Waals surface area (Å²) in [6.45, 7) is 7.46. The van der Waals surface area contributed by atoms with E-state index in [1.807, 2.05) is 52.0 Å². The minimum absolute atomic E-state index is 0.0110. The number of nitrogen functional groups attached to an aromatic ring is 1. The van der Waals surface area contributed by atoms with Crippen LogP contribution in [0.1, 0.15) is 156 Å². The van der Waals surface area contributed by atoms with Crippen LogP contribution >= 0.6 is 78.0 Å². The van der Waals surface area contributed by atoms with Crippen LogP contribution in [-0.4, -0.2) is 99.6 Å². The number of anilines is 11. The Morgan fingerprint density at radius 1 is 0.384 bits per heavy atom. The quantitative estimate of drug-likeness (QED) is 0.00830. The molecule has 4 aromatic heterocycles. The second kappa shape index (κ2) is 47.9. The summed E-state index contributed by atoms with van der Waals surface area (Å²) >= 11 is 11.1. The van der Waals surface area contributed by atoms with Gasteiger partial charge in [0, 0.05) is 8.95 Å². The van der Waals surface area contributed by atoms with Crippen LogP contribution in [0.25, 0.3) is 0 Å². The highest BCUT2D eigenvalue weighted by Crippen LogP contribution is 2.41. The van der Waals surface area contributed by atoms with Gasteiger partial charge in [0.2, 0.25) is 29.5 Å². The molecule has 5 aliphatic carbocycles. The third-order valence-electron chi connectivity index (χ3n) is 19.0. The maximum Gasteiger partial charge on any atom is 0.250 e. The van der Waals surface area contributed by atoms with Crippen molar-refractivity contribution in [3.63, 3.8) is 0 Å². The summed E-state index contributed by atoms with van der Waals surface area (Å²) in [5.74, 6) is -5.94. The van der Waals surface area contributed by atoms with Crippen molar-refractivity contribution < 1.29 is 70.4 Å². The number of amides is 7. The lowest BCUT2D eigenvalue weighted by Crippen LogP contribution is -2.36. The molecule has 0 unspecified atom stereocenters. The van der Waals surface area contributed by atoms with E-state index in [4.69, 9.17) is 72.6 Å². The topological polar surface area (TPSA) is 601 Å². The van der Waals surface area contributed by atoms with Crippen LogP contribution < -0.4 is 88.8 Å². The predicted octanol–water partition coefficient (Wildman–Crippen LogP) is 14.0. The fourth-order valence-electron chi connectivity index (χ4n) is 11.6. The van der Waals surface area contributed by atoms with Crippen LogP contribution in [0.4, 0.5) is 86.2 Å². The molecule has 125 heavy (non-hydrogen) atoms. The highest BCUT2D eigenvalue weighted by molar-refractivity contribution is 9.10. The molecule has 4 heterocycles. The molecule has 5 saturated carbocycles. The van der Waals surface area contributed by atoms with Crippen molar-refractivity contribution in [1.82, 2.24) is 17.5 Å². The van der Waals surface area contributed by atoms with Gasteiger partial charge in [-0.3, -0.25) is 44.1 Å². The van der Waals surface area contributed by atoms with E-state index in [-0.39, 0.29) is 60.9 Å². The smallest absolute Gasteiger partial charge is 0.250 e. The Morgan fingerprint density at radius 2 is 0.656 bits per heavy atom. The predicted molar refractivity (Wildman–Crippen MR) is 476 cm³/mol. The molecule has 27 N–H and O–H groups in total. The zero-order chi connectivity index (χ0) is 92.2. The number of rotatable bonds is 31. The molecule has 666 valence electrons. The molecule has 7 amide bonds. The molecule has 5 aliphatic rings. The third kappa shape index (κ3) is 33.7. The van der Waals surface area contributed by atoms with Crippen molar-refractivity contribution in [2.24, 2.45) is 75.5 Å². The zero-order valence-electron chi connectivity index (χ0n) is 67.7. The van der Waals surface area contributed by atoms with E-state index in [0.717, 1.165) is 127 Å². The van der Waals surface area contributed by atoms with Gasteiger partial charge >= 0.3 is 0 Å². The highest BCUT2D eigenvalue weighted by atomic mass is 79.9. The lowest BCUT2D eigenvalue weighted by molar-refractivity contribution is -0.176. The number of carbonyl (C=O) groups is 7. The van der Waals surface area contributed by atoms with Gasteiger partial charge in [-0.25, -0.2) is 26.3 Å². The van der Waals surface area contributed by atoms with E-state index < -0.39 is 101 Å². The monoisotopic (exact) mass is 1930 g/mol. The highest BCUT2D eigenvalue weighted by Gasteiger charge is 2.34. The van der Waals surface area contributed by atoms with E-state index >= 15 is 0 Å². The van der Waals surface area contributed by atoms with Crippen molar-refractivity contribution >= 4 is 179 Å². The van der Waals surface area contributed by atoms with Crippen LogP contribution in [0.15, 0.2) is 93.9 Å². The lowest BCUT2D eigenvalue weighted by Gasteiger charge is -2.19. The van der Waals surface area contributed by atoms with Gasteiger partial charge in [-0.1, -0.05) is 64.2 Å². The van der Waals surface area contributed by atoms with Gasteiger partial charge < -0.3 is 88.8 Å². The SMILES string of the molecule is Cc1cc(N)sn1.Cc1cc(Nc2cc(N[C@H](CC3CC3)C(N)=O)c(F)cc2C#N)sn1.Cc1cc(Nc2cc(N[C@H](CC3CC3)C(N)=O)c(F)cc2C(N)=O)sn1.Cc1cc(Nc2cc(N[C@H](CC3CC3)C(N)=O)c(F)cc2C(N)=O)sn1.N#Cc1cc(F)c(F)cc1Br.N#Cc1cc(F)c(N[C@H](CC2CC2)C(N)=O)cc1Br.NC(=O)[C@H](N)CC1CC1.OO. The number of nitriles is 3. The van der Waals surface area contributed by atoms with Crippen molar-refractivity contribution in [3.05, 3.63) is 179 Å². The molecular weight excluding hydrogens is 1840 g/mol. The number of hydrogen-bond donors (Lipinski definition) is 18. The number of carbonyl (C=O) groups excluding carboxylic acids is 7. The Labute approximate surface area is 748 Å². The van der Waals surface area contributed by atoms with Gasteiger partial charge in [-0.2, -0.15) is 33.3 Å². The van der Waals surface area contributed by atoms with Gasteiger partial charge in [0.1, 0.15) is 85.6 Å². The number of halogens is 8. The molecule has 14 rings (SSSR count). The summed E-state index contributed by atoms with van der Waals surface area (Å²) in [7, 11) is 0. The Balaban J connectivity index is 0.000000207. The fraction of sp³-hybridized carbons (Fsp3) is 0.358. The average molecular weight is 1930 g/mol. The molecule has 0 saturated heterocycles. The van der Waals surface area contributed by atoms with Crippen molar-refractivity contribution in [1.29, 1.82) is 15.8 Å². The molecule has 32 nitrogen and oxygen atoms in total. The third-order valence-corrected chi connectivity index (χ3v) is 23.4. The molecule has 0 radical (unpaired) electrons. The number of nitrogens with two attached hydrogens (primary N) is 9. The van der Waals surface area contributed by atoms with Crippen LogP contribution in [0, 0.1) is 126 Å². The Bertz CT molecular complexity index is 5280. The average Bonchev–Trinajstić information content (AvgIpc) is 1.81. The van der Waals surface area contributed by atoms with Gasteiger partial charge in [-0.15, -0.1) is 0 Å². The standard InChI is InChI=1S/2C17H20FN5O2S.C17H18FN5OS.C13H13BrFN3O.C7H2BrF2N.C6H12N2O.C4H6N2S.H2O2/c2*1-8-4-15(26-23-8)22-12-7-13(11(18)6-10(12)16(19)24)21-14(17(20)25)5-9-2-3-9;1-9-4-16(25-23-9)22-13-7-14(12(18)6-11(13)8-19)21-15(17(20)24)5-10-2-3-10;14-9-5-11(10(15)4-8(9)6-16)18-12(13(17)19)3-7-1-2-7;8-5-2-7(10)6(9)1-4(5)3-11;7-5(6(8)9)3-4-1-2-4;1-3-2-4(5)7-6-3;1-2/h2*4,6-7,9,14,21-22H,2-3,5H2,1H3,(H2,19,24)(H2,20,25);4,6-7,10,15,21-22H,2-3,5H2,1H3,(H2,20,24);4-5,7,12,18H,1-3H2,(H2,17,19);1-2H;4-5H,1-3,7H2,(H2,8,9);2H,5H2,1H3;1-2H/t2*14-;15-;12-;;5-;;/m1111.1../s1. The molecule has 0 aliphatic heterocycles. The molecular formula is C81H93Br2F6N23O9S4. The van der Waals surface area contributed by atoms with Gasteiger partial charge in [0.05, 0.1) is 96.4 Å². The van der Waals surface area contributed by atoms with Gasteiger partial charge in [-0.05, 0) is 252 Å². The molecule has 9 aromatic rings. The normalized spacial score (nSPS) is 14.3. The summed E-state index contributed by atoms with van der Waals surface area (Å²) in [6, 6.07) is 21.8. The molecule has 5 fully saturated rings. The van der Waals surface area contributed by atoms with Gasteiger partial charge in [0.25, 0.3) is 11.8 Å². The van der Waals surface area contributed by atoms with Crippen molar-refractivity contribution in [2.75, 3.05) is 43.0 Å². The van der Waals surface area contributed by atoms with Crippen molar-refractivity contribution in [2.45, 2.75) is 154 Å². The summed E-state index contributed by atoms with van der Waals surface area (Å²) in [6.07, 6.45) is 14.1. The van der Waals surface area contributed by atoms with Crippen LogP contribution in [0.3, 0.4) is 0 Å². The fourth-order valence-corrected chi connectivity index (χ4v) is 15.0. The van der Waals surface area contributed by atoms with Crippen LogP contribution in [0.5, 0.6) is 0 Å². The first-order chi connectivity index (χ1) is 59.3. The molecule has 5 atom stereocenters. The number of nitrogens with zero attached hydrogens (tertiary/aromatic N) is 7. The van der Waals surface area contributed by atoms with E-state index in [2.05, 4.69) is 86.6 Å². The minimum Gasteiger partial charge on any atom is -0.389 e. The van der Waals surface area contributed by atoms with Gasteiger partial charge in [0.15, 0.2) is 11.6 Å². The summed E-state index contributed by atoms with van der Waals surface area (Å²) in [5, 5.41) is 61.9. The number of aryl methyl sites for hydroxylation is 4. The lowest BCUT2D eigenvalue weighted by atomic mass is 10.1. The van der Waals surface area contributed by atoms with Crippen LogP contribution in [0.2, 0.25) is 0 Å². The summed E-state index contributed by atoms with van der Waals surface area (Å²) < 4.78 is 99.0. The number of benzene rings is 5. The number of primary amides is 7. The summed E-state index contributed by atoms with van der Waals surface area (Å²) in [4.78, 5) is 80.1. The first-order valence-electron chi connectivity index (χ1n) is 38.5. The molecule has 5 aromatic carbocycles. The van der Waals surface area contributed by atoms with E-state index in [9.17, 15) is 65.2 Å². The summed E-state index contributed by atoms with van der Waals surface area (Å²) in [5.41, 5.74) is 53.6. The number of hydrogen-bond acceptors (Lipinski definition) is 29. The second-order valence-electron chi connectivity index (χ2n) is 29.8.